The minimum absolute atomic E-state index is 1.22. The Hall–Kier alpha value is -0.980. The van der Waals surface area contributed by atoms with Crippen molar-refractivity contribution >= 4 is 75.5 Å². The Kier molecular flexibility index (Phi) is 5.94. The zero-order valence-corrected chi connectivity index (χ0v) is 20.8. The highest BCUT2D eigenvalue weighted by molar-refractivity contribution is 7.41. The summed E-state index contributed by atoms with van der Waals surface area (Å²) >= 11 is 9.89. The molecule has 0 spiro atoms. The van der Waals surface area contributed by atoms with Gasteiger partial charge in [0.15, 0.2) is 0 Å². The molecule has 0 saturated carbocycles. The fourth-order valence-corrected chi connectivity index (χ4v) is 9.85. The second-order valence-corrected chi connectivity index (χ2v) is 13.0. The predicted molar refractivity (Wildman–Crippen MR) is 139 cm³/mol. The number of hydrogen-bond donors (Lipinski definition) is 0. The molecule has 5 heterocycles. The zero-order valence-electron chi connectivity index (χ0n) is 16.7. The molecule has 29 heavy (non-hydrogen) atoms. The number of unbranched alkanes of at least 4 members (excludes halogenated alkanes) is 2. The molecule has 5 heteroatoms. The molecule has 5 rings (SSSR count). The summed E-state index contributed by atoms with van der Waals surface area (Å²) in [5.41, 5.74) is 0. The first-order chi connectivity index (χ1) is 14.2. The molecular weight excluding hydrogens is 449 g/mol. The van der Waals surface area contributed by atoms with Crippen molar-refractivity contribution in [3.8, 4) is 19.5 Å². The van der Waals surface area contributed by atoms with Crippen LogP contribution >= 0.6 is 56.7 Å². The van der Waals surface area contributed by atoms with E-state index in [0.717, 1.165) is 0 Å². The van der Waals surface area contributed by atoms with Gasteiger partial charge in [-0.1, -0.05) is 26.7 Å². The van der Waals surface area contributed by atoms with Crippen LogP contribution in [0.4, 0.5) is 0 Å². The molecule has 0 aliphatic carbocycles. The minimum atomic E-state index is 1.22. The van der Waals surface area contributed by atoms with Gasteiger partial charge in [0.1, 0.15) is 0 Å². The molecule has 0 nitrogen and oxygen atoms in total. The largest absolute Gasteiger partial charge is 0.139 e. The van der Waals surface area contributed by atoms with Gasteiger partial charge >= 0.3 is 0 Å². The second-order valence-electron chi connectivity index (χ2n) is 7.45. The first-order valence-electron chi connectivity index (χ1n) is 10.4. The molecule has 0 radical (unpaired) electrons. The van der Waals surface area contributed by atoms with E-state index >= 15 is 0 Å². The lowest BCUT2D eigenvalue weighted by Gasteiger charge is -1.93. The van der Waals surface area contributed by atoms with Gasteiger partial charge < -0.3 is 0 Å². The molecule has 0 N–H and O–H groups in total. The highest BCUT2D eigenvalue weighted by Crippen LogP contribution is 2.49. The molecule has 0 amide bonds. The number of rotatable bonds is 8. The number of hydrogen-bond acceptors (Lipinski definition) is 5. The number of fused-ring (bicyclic) bond motifs is 3. The van der Waals surface area contributed by atoms with Gasteiger partial charge in [0.2, 0.25) is 0 Å². The third-order valence-electron chi connectivity index (χ3n) is 5.18. The van der Waals surface area contributed by atoms with Crippen molar-refractivity contribution in [3.05, 3.63) is 46.2 Å². The summed E-state index contributed by atoms with van der Waals surface area (Å²) in [4.78, 5) is 8.81. The lowest BCUT2D eigenvalue weighted by molar-refractivity contribution is 0.804. The third-order valence-corrected chi connectivity index (χ3v) is 11.6. The molecule has 5 aromatic heterocycles. The van der Waals surface area contributed by atoms with Crippen LogP contribution in [0.25, 0.3) is 38.3 Å². The Balaban J connectivity index is 1.44. The lowest BCUT2D eigenvalue weighted by Crippen LogP contribution is -1.76. The Morgan fingerprint density at radius 3 is 1.48 bits per heavy atom. The van der Waals surface area contributed by atoms with Gasteiger partial charge in [0.25, 0.3) is 0 Å². The average molecular weight is 473 g/mol. The molecule has 150 valence electrons. The lowest BCUT2D eigenvalue weighted by atomic mass is 10.2. The second kappa shape index (κ2) is 8.64. The molecule has 0 bridgehead atoms. The summed E-state index contributed by atoms with van der Waals surface area (Å²) < 4.78 is 5.89. The van der Waals surface area contributed by atoms with E-state index in [1.807, 2.05) is 56.7 Å². The van der Waals surface area contributed by atoms with Crippen LogP contribution in [0.15, 0.2) is 36.4 Å². The van der Waals surface area contributed by atoms with Gasteiger partial charge in [-0.2, -0.15) is 0 Å². The molecular formula is C24H24S5. The number of thiophene rings is 5. The van der Waals surface area contributed by atoms with Crippen LogP contribution in [0.5, 0.6) is 0 Å². The fourth-order valence-electron chi connectivity index (χ4n) is 3.57. The fraction of sp³-hybridized carbons (Fsp3) is 0.333. The van der Waals surface area contributed by atoms with Gasteiger partial charge in [0.05, 0.1) is 9.40 Å². The van der Waals surface area contributed by atoms with Crippen LogP contribution in [0.2, 0.25) is 0 Å². The van der Waals surface area contributed by atoms with E-state index in [1.54, 1.807) is 0 Å². The first kappa shape index (κ1) is 20.0. The summed E-state index contributed by atoms with van der Waals surface area (Å²) in [6, 6.07) is 14.1. The monoisotopic (exact) mass is 472 g/mol. The maximum Gasteiger partial charge on any atom is 0.0636 e. The van der Waals surface area contributed by atoms with E-state index in [0.29, 0.717) is 0 Å². The number of aryl methyl sites for hydroxylation is 2. The van der Waals surface area contributed by atoms with E-state index in [2.05, 4.69) is 50.2 Å². The van der Waals surface area contributed by atoms with Gasteiger partial charge in [-0.25, -0.2) is 0 Å². The maximum atomic E-state index is 2.42. The van der Waals surface area contributed by atoms with Crippen molar-refractivity contribution in [2.24, 2.45) is 0 Å². The van der Waals surface area contributed by atoms with Gasteiger partial charge in [-0.05, 0) is 62.1 Å². The first-order valence-corrected chi connectivity index (χ1v) is 14.5. The quantitative estimate of drug-likeness (QED) is 0.211. The van der Waals surface area contributed by atoms with Crippen LogP contribution in [-0.4, -0.2) is 0 Å². The molecule has 0 atom stereocenters. The van der Waals surface area contributed by atoms with E-state index in [4.69, 9.17) is 0 Å². The molecule has 0 aliphatic heterocycles. The van der Waals surface area contributed by atoms with Crippen molar-refractivity contribution in [3.63, 3.8) is 0 Å². The average Bonchev–Trinajstić information content (AvgIpc) is 3.50. The Bertz CT molecular complexity index is 1140. The summed E-state index contributed by atoms with van der Waals surface area (Å²) in [6.07, 6.45) is 7.57. The Morgan fingerprint density at radius 2 is 1.03 bits per heavy atom. The van der Waals surface area contributed by atoms with E-state index in [-0.39, 0.29) is 0 Å². The summed E-state index contributed by atoms with van der Waals surface area (Å²) in [6.45, 7) is 4.54. The molecule has 0 saturated heterocycles. The van der Waals surface area contributed by atoms with E-state index in [9.17, 15) is 0 Å². The maximum absolute atomic E-state index is 2.42. The van der Waals surface area contributed by atoms with Crippen LogP contribution in [0.1, 0.15) is 49.3 Å². The third kappa shape index (κ3) is 4.00. The van der Waals surface area contributed by atoms with E-state index < -0.39 is 0 Å². The summed E-state index contributed by atoms with van der Waals surface area (Å²) in [5.74, 6) is 0. The highest BCUT2D eigenvalue weighted by Gasteiger charge is 2.16. The smallest absolute Gasteiger partial charge is 0.0636 e. The van der Waals surface area contributed by atoms with Crippen LogP contribution in [-0.2, 0) is 12.8 Å². The van der Waals surface area contributed by atoms with E-state index in [1.165, 1.54) is 86.6 Å². The molecule has 0 aliphatic rings. The minimum Gasteiger partial charge on any atom is -0.139 e. The summed E-state index contributed by atoms with van der Waals surface area (Å²) in [5, 5.41) is 0. The van der Waals surface area contributed by atoms with Crippen molar-refractivity contribution in [2.45, 2.75) is 52.4 Å². The Labute approximate surface area is 192 Å². The van der Waals surface area contributed by atoms with Gasteiger partial charge in [-0.3, -0.25) is 0 Å². The highest BCUT2D eigenvalue weighted by atomic mass is 32.1. The molecule has 5 aromatic rings. The standard InChI is InChI=1S/C24H24S5/c1-3-5-7-15-9-11-17(25-15)19-13-21-23(28-19)24-22(27-21)14-20(29-24)18-12-10-16(26-18)8-6-4-2/h9-14H,3-8H2,1-2H3. The predicted octanol–water partition coefficient (Wildman–Crippen LogP) is 10.3. The van der Waals surface area contributed by atoms with Crippen molar-refractivity contribution < 1.29 is 0 Å². The SMILES string of the molecule is CCCCc1ccc(-c2cc3sc4cc(-c5ccc(CCCC)s5)sc4c3s2)s1. The van der Waals surface area contributed by atoms with Crippen LogP contribution < -0.4 is 0 Å². The summed E-state index contributed by atoms with van der Waals surface area (Å²) in [7, 11) is 0. The van der Waals surface area contributed by atoms with Gasteiger partial charge in [-0.15, -0.1) is 56.7 Å². The Morgan fingerprint density at radius 1 is 0.552 bits per heavy atom. The van der Waals surface area contributed by atoms with Crippen molar-refractivity contribution in [1.29, 1.82) is 0 Å². The van der Waals surface area contributed by atoms with Crippen molar-refractivity contribution in [1.82, 2.24) is 0 Å². The normalized spacial score (nSPS) is 11.9. The van der Waals surface area contributed by atoms with Crippen LogP contribution in [0, 0.1) is 0 Å². The van der Waals surface area contributed by atoms with Crippen molar-refractivity contribution in [2.75, 3.05) is 0 Å². The molecule has 0 unspecified atom stereocenters. The van der Waals surface area contributed by atoms with Crippen LogP contribution in [0.3, 0.4) is 0 Å². The molecule has 0 aromatic carbocycles. The zero-order chi connectivity index (χ0) is 19.8. The van der Waals surface area contributed by atoms with Gasteiger partial charge in [0, 0.05) is 38.7 Å². The topological polar surface area (TPSA) is 0 Å². The molecule has 0 fully saturated rings.